The van der Waals surface area contributed by atoms with Gasteiger partial charge < -0.3 is 61.9 Å². The van der Waals surface area contributed by atoms with Gasteiger partial charge in [0, 0.05) is 4.47 Å². The van der Waals surface area contributed by atoms with E-state index in [2.05, 4.69) is 15.9 Å². The molecule has 0 aliphatic heterocycles. The van der Waals surface area contributed by atoms with E-state index < -0.39 is 0 Å². The normalized spacial score (nSPS) is 11.4. The van der Waals surface area contributed by atoms with E-state index in [1.54, 1.807) is 0 Å². The molecule has 0 radical (unpaired) electrons. The van der Waals surface area contributed by atoms with Crippen molar-refractivity contribution < 1.29 is 61.9 Å². The van der Waals surface area contributed by atoms with Gasteiger partial charge in [-0.2, -0.15) is 0 Å². The highest BCUT2D eigenvalue weighted by Gasteiger charge is 1.97. The van der Waals surface area contributed by atoms with Gasteiger partial charge in [-0.3, -0.25) is 0 Å². The lowest BCUT2D eigenvalue weighted by Gasteiger charge is -2.09. The number of aliphatic hydroxyl groups is 1. The Bertz CT molecular complexity index is 705. The zero-order chi connectivity index (χ0) is 31.4. The summed E-state index contributed by atoms with van der Waals surface area (Å²) in [6.45, 7) is 11.4. The highest BCUT2D eigenvalue weighted by Crippen LogP contribution is 2.17. The highest BCUT2D eigenvalue weighted by atomic mass is 79.9. The number of ether oxygens (including phenoxy) is 12. The second-order valence-electron chi connectivity index (χ2n) is 8.77. The Morgan fingerprint density at radius 3 is 0.932 bits per heavy atom. The van der Waals surface area contributed by atoms with Gasteiger partial charge in [0.05, 0.1) is 152 Å². The first-order chi connectivity index (χ1) is 21.8. The molecule has 0 saturated carbocycles. The van der Waals surface area contributed by atoms with Gasteiger partial charge in [-0.05, 0) is 18.2 Å². The molecule has 14 heteroatoms. The fourth-order valence-corrected chi connectivity index (χ4v) is 3.52. The van der Waals surface area contributed by atoms with E-state index in [4.69, 9.17) is 61.9 Å². The zero-order valence-electron chi connectivity index (χ0n) is 26.0. The van der Waals surface area contributed by atoms with Crippen LogP contribution in [0.1, 0.15) is 0 Å². The first-order valence-corrected chi connectivity index (χ1v) is 16.0. The molecule has 1 N–H and O–H groups in total. The van der Waals surface area contributed by atoms with E-state index in [1.807, 2.05) is 24.3 Å². The van der Waals surface area contributed by atoms with Crippen LogP contribution in [-0.2, 0) is 52.1 Å². The van der Waals surface area contributed by atoms with E-state index in [1.165, 1.54) is 0 Å². The largest absolute Gasteiger partial charge is 0.491 e. The second kappa shape index (κ2) is 34.9. The third kappa shape index (κ3) is 31.0. The predicted molar refractivity (Wildman–Crippen MR) is 166 cm³/mol. The maximum atomic E-state index is 8.57. The van der Waals surface area contributed by atoms with Crippen LogP contribution in [0.3, 0.4) is 0 Å². The van der Waals surface area contributed by atoms with Crippen LogP contribution < -0.4 is 4.74 Å². The number of aliphatic hydroxyl groups excluding tert-OH is 1. The molecule has 0 bridgehead atoms. The van der Waals surface area contributed by atoms with Crippen LogP contribution in [0.4, 0.5) is 0 Å². The molecular formula is C30H53BrO13. The fraction of sp³-hybridized carbons (Fsp3) is 0.800. The molecule has 1 aromatic rings. The number of benzene rings is 1. The van der Waals surface area contributed by atoms with Crippen molar-refractivity contribution in [1.82, 2.24) is 0 Å². The minimum Gasteiger partial charge on any atom is -0.491 e. The van der Waals surface area contributed by atoms with E-state index in [-0.39, 0.29) is 6.61 Å². The minimum atomic E-state index is 0.0249. The molecule has 0 aliphatic carbocycles. The zero-order valence-corrected chi connectivity index (χ0v) is 27.6. The summed E-state index contributed by atoms with van der Waals surface area (Å²) in [5.74, 6) is 0.812. The Hall–Kier alpha value is -0.980. The molecule has 0 aromatic heterocycles. The van der Waals surface area contributed by atoms with Gasteiger partial charge in [0.25, 0.3) is 0 Å². The van der Waals surface area contributed by atoms with Crippen molar-refractivity contribution in [2.24, 2.45) is 0 Å². The van der Waals surface area contributed by atoms with Crippen molar-refractivity contribution in [1.29, 1.82) is 0 Å². The van der Waals surface area contributed by atoms with Crippen molar-refractivity contribution in [3.8, 4) is 5.75 Å². The van der Waals surface area contributed by atoms with Gasteiger partial charge in [0.2, 0.25) is 0 Å². The van der Waals surface area contributed by atoms with Crippen LogP contribution in [0.15, 0.2) is 28.7 Å². The maximum Gasteiger partial charge on any atom is 0.120 e. The average molecular weight is 702 g/mol. The van der Waals surface area contributed by atoms with Crippen LogP contribution in [0.2, 0.25) is 0 Å². The molecular weight excluding hydrogens is 648 g/mol. The summed E-state index contributed by atoms with van der Waals surface area (Å²) >= 11 is 3.41. The summed E-state index contributed by atoms with van der Waals surface area (Å²) in [4.78, 5) is 0. The van der Waals surface area contributed by atoms with Crippen LogP contribution in [0.25, 0.3) is 0 Å². The monoisotopic (exact) mass is 700 g/mol. The van der Waals surface area contributed by atoms with Gasteiger partial charge in [0.1, 0.15) is 12.4 Å². The second-order valence-corrected chi connectivity index (χ2v) is 9.68. The smallest absolute Gasteiger partial charge is 0.120 e. The molecule has 0 aliphatic rings. The van der Waals surface area contributed by atoms with Gasteiger partial charge in [0.15, 0.2) is 0 Å². The van der Waals surface area contributed by atoms with Crippen LogP contribution in [0.5, 0.6) is 5.75 Å². The fourth-order valence-electron chi connectivity index (χ4n) is 3.14. The van der Waals surface area contributed by atoms with Crippen LogP contribution in [-0.4, -0.2) is 164 Å². The summed E-state index contributed by atoms with van der Waals surface area (Å²) in [6.07, 6.45) is 0. The molecule has 0 atom stereocenters. The Balaban J connectivity index is 1.62. The molecule has 1 aromatic carbocycles. The van der Waals surface area contributed by atoms with Crippen LogP contribution >= 0.6 is 15.9 Å². The van der Waals surface area contributed by atoms with Crippen molar-refractivity contribution in [2.45, 2.75) is 0 Å². The first kappa shape index (κ1) is 41.0. The summed E-state index contributed by atoms with van der Waals surface area (Å²) < 4.78 is 66.1. The Morgan fingerprint density at radius 2 is 0.659 bits per heavy atom. The topological polar surface area (TPSA) is 131 Å². The number of hydrogen-bond donors (Lipinski definition) is 1. The molecule has 0 saturated heterocycles. The standard InChI is InChI=1S/C30H53BrO13/c31-29-2-1-3-30(28-29)44-27-26-43-25-24-42-23-22-41-21-20-40-19-18-39-17-16-38-15-14-37-13-12-36-11-10-35-9-8-34-7-6-33-5-4-32/h1-3,28,32H,4-27H2. The molecule has 0 spiro atoms. The minimum absolute atomic E-state index is 0.0249. The molecule has 0 amide bonds. The molecule has 44 heavy (non-hydrogen) atoms. The average Bonchev–Trinajstić information content (AvgIpc) is 3.03. The summed E-state index contributed by atoms with van der Waals surface area (Å²) in [5.41, 5.74) is 0. The van der Waals surface area contributed by atoms with E-state index in [0.717, 1.165) is 10.2 Å². The molecule has 0 heterocycles. The summed E-state index contributed by atoms with van der Waals surface area (Å²) in [5, 5.41) is 8.57. The first-order valence-electron chi connectivity index (χ1n) is 15.2. The third-order valence-corrected chi connectivity index (χ3v) is 5.74. The maximum absolute atomic E-state index is 8.57. The molecule has 0 fully saturated rings. The molecule has 1 rings (SSSR count). The quantitative estimate of drug-likeness (QED) is 0.103. The Morgan fingerprint density at radius 1 is 0.386 bits per heavy atom. The number of rotatable bonds is 36. The van der Waals surface area contributed by atoms with Gasteiger partial charge in [-0.15, -0.1) is 0 Å². The third-order valence-electron chi connectivity index (χ3n) is 5.25. The van der Waals surface area contributed by atoms with Crippen molar-refractivity contribution >= 4 is 15.9 Å². The van der Waals surface area contributed by atoms with Gasteiger partial charge in [-0.1, -0.05) is 22.0 Å². The molecule has 258 valence electrons. The lowest BCUT2D eigenvalue weighted by molar-refractivity contribution is -0.0280. The van der Waals surface area contributed by atoms with Crippen molar-refractivity contribution in [2.75, 3.05) is 159 Å². The molecule has 0 unspecified atom stereocenters. The predicted octanol–water partition coefficient (Wildman–Crippen LogP) is 2.00. The van der Waals surface area contributed by atoms with Gasteiger partial charge >= 0.3 is 0 Å². The number of halogens is 1. The van der Waals surface area contributed by atoms with Crippen LogP contribution in [0, 0.1) is 0 Å². The Labute approximate surface area is 270 Å². The SMILES string of the molecule is OCCOCCOCCOCCOCCOCCOCCOCCOCCOCCOCCOCCOc1cccc(Br)c1. The van der Waals surface area contributed by atoms with E-state index in [9.17, 15) is 0 Å². The summed E-state index contributed by atoms with van der Waals surface area (Å²) in [6, 6.07) is 7.71. The molecule has 13 nitrogen and oxygen atoms in total. The van der Waals surface area contributed by atoms with Crippen molar-refractivity contribution in [3.63, 3.8) is 0 Å². The summed E-state index contributed by atoms with van der Waals surface area (Å²) in [7, 11) is 0. The van der Waals surface area contributed by atoms with E-state index in [0.29, 0.717) is 152 Å². The van der Waals surface area contributed by atoms with Crippen molar-refractivity contribution in [3.05, 3.63) is 28.7 Å². The van der Waals surface area contributed by atoms with Gasteiger partial charge in [-0.25, -0.2) is 0 Å². The highest BCUT2D eigenvalue weighted by molar-refractivity contribution is 9.10. The lowest BCUT2D eigenvalue weighted by atomic mass is 10.3. The lowest BCUT2D eigenvalue weighted by Crippen LogP contribution is -2.15. The Kier molecular flexibility index (Phi) is 32.5. The number of hydrogen-bond acceptors (Lipinski definition) is 13. The van der Waals surface area contributed by atoms with E-state index >= 15 is 0 Å².